The molecule has 0 aliphatic heterocycles. The van der Waals surface area contributed by atoms with Crippen LogP contribution in [0.15, 0.2) is 17.2 Å². The highest BCUT2D eigenvalue weighted by atomic mass is 127. The average molecular weight is 388 g/mol. The lowest BCUT2D eigenvalue weighted by Crippen LogP contribution is -1.89. The number of rotatable bonds is 1. The summed E-state index contributed by atoms with van der Waals surface area (Å²) in [5.41, 5.74) is 0.893. The number of nitrogens with zero attached hydrogens (tertiary/aromatic N) is 1. The van der Waals surface area contributed by atoms with E-state index in [4.69, 9.17) is 5.84 Å². The molecule has 0 fully saturated rings. The minimum absolute atomic E-state index is 0.311. The molecule has 0 radical (unpaired) electrons. The van der Waals surface area contributed by atoms with Crippen molar-refractivity contribution in [2.45, 2.75) is 0 Å². The van der Waals surface area contributed by atoms with Crippen LogP contribution in [0.25, 0.3) is 0 Å². The lowest BCUT2D eigenvalue weighted by atomic mass is 10.2. The van der Waals surface area contributed by atoms with Crippen LogP contribution >= 0.6 is 45.2 Å². The lowest BCUT2D eigenvalue weighted by Gasteiger charge is -2.01. The van der Waals surface area contributed by atoms with Crippen molar-refractivity contribution in [1.82, 2.24) is 0 Å². The molecular weight excluding hydrogens is 382 g/mol. The van der Waals surface area contributed by atoms with Crippen LogP contribution in [-0.4, -0.2) is 11.3 Å². The van der Waals surface area contributed by atoms with Gasteiger partial charge in [0.25, 0.3) is 0 Å². The largest absolute Gasteiger partial charge is 0.506 e. The van der Waals surface area contributed by atoms with E-state index in [1.54, 1.807) is 6.21 Å². The van der Waals surface area contributed by atoms with Crippen LogP contribution < -0.4 is 5.84 Å². The normalized spacial score (nSPS) is 10.8. The van der Waals surface area contributed by atoms with Crippen molar-refractivity contribution in [1.29, 1.82) is 0 Å². The summed E-state index contributed by atoms with van der Waals surface area (Å²) in [5, 5.41) is 12.8. The van der Waals surface area contributed by atoms with E-state index in [1.165, 1.54) is 0 Å². The van der Waals surface area contributed by atoms with Gasteiger partial charge in [0.05, 0.1) is 13.4 Å². The summed E-state index contributed by atoms with van der Waals surface area (Å²) in [6, 6.07) is 3.63. The molecule has 12 heavy (non-hydrogen) atoms. The maximum Gasteiger partial charge on any atom is 0.142 e. The van der Waals surface area contributed by atoms with Crippen LogP contribution in [0.5, 0.6) is 5.75 Å². The molecule has 3 nitrogen and oxygen atoms in total. The molecule has 0 heterocycles. The van der Waals surface area contributed by atoms with E-state index in [-0.39, 0.29) is 0 Å². The summed E-state index contributed by atoms with van der Waals surface area (Å²) in [5.74, 6) is 5.31. The van der Waals surface area contributed by atoms with Crippen LogP contribution in [-0.2, 0) is 0 Å². The number of aromatic hydroxyl groups is 1. The van der Waals surface area contributed by atoms with E-state index in [0.717, 1.165) is 12.7 Å². The topological polar surface area (TPSA) is 58.6 Å². The second kappa shape index (κ2) is 4.26. The second-order valence-corrected chi connectivity index (χ2v) is 4.44. The zero-order chi connectivity index (χ0) is 9.14. The summed E-state index contributed by atoms with van der Waals surface area (Å²) < 4.78 is 1.60. The van der Waals surface area contributed by atoms with Gasteiger partial charge in [0, 0.05) is 0 Å². The van der Waals surface area contributed by atoms with Gasteiger partial charge >= 0.3 is 0 Å². The molecule has 0 bridgehead atoms. The Morgan fingerprint density at radius 3 is 2.25 bits per heavy atom. The number of benzene rings is 1. The zero-order valence-corrected chi connectivity index (χ0v) is 10.3. The van der Waals surface area contributed by atoms with E-state index in [9.17, 15) is 5.11 Å². The van der Waals surface area contributed by atoms with Gasteiger partial charge in [-0.2, -0.15) is 5.10 Å². The third-order valence-corrected chi connectivity index (χ3v) is 2.91. The van der Waals surface area contributed by atoms with Crippen LogP contribution in [0.1, 0.15) is 5.56 Å². The summed E-state index contributed by atoms with van der Waals surface area (Å²) in [6.45, 7) is 0. The van der Waals surface area contributed by atoms with Crippen molar-refractivity contribution in [3.05, 3.63) is 24.8 Å². The molecule has 1 aromatic carbocycles. The number of hydrazone groups is 1. The Morgan fingerprint density at radius 1 is 1.33 bits per heavy atom. The maximum atomic E-state index is 9.41. The third-order valence-electron chi connectivity index (χ3n) is 1.26. The van der Waals surface area contributed by atoms with Gasteiger partial charge in [0.2, 0.25) is 0 Å². The van der Waals surface area contributed by atoms with Gasteiger partial charge in [-0.1, -0.05) is 0 Å². The Morgan fingerprint density at radius 2 is 1.83 bits per heavy atom. The molecular formula is C7H6I2N2O. The molecule has 0 unspecified atom stereocenters. The minimum atomic E-state index is 0.311. The number of hydrogen-bond donors (Lipinski definition) is 2. The first-order valence-corrected chi connectivity index (χ1v) is 5.22. The van der Waals surface area contributed by atoms with Gasteiger partial charge in [0.15, 0.2) is 0 Å². The fraction of sp³-hybridized carbons (Fsp3) is 0. The van der Waals surface area contributed by atoms with Gasteiger partial charge < -0.3 is 10.9 Å². The van der Waals surface area contributed by atoms with Crippen LogP contribution in [0, 0.1) is 7.14 Å². The SMILES string of the molecule is NN=Cc1cc(I)c(O)c(I)c1. The number of phenols is 1. The van der Waals surface area contributed by atoms with Gasteiger partial charge in [-0.15, -0.1) is 0 Å². The first-order valence-electron chi connectivity index (χ1n) is 3.06. The Kier molecular flexibility index (Phi) is 3.56. The molecule has 0 saturated heterocycles. The molecule has 1 aromatic rings. The van der Waals surface area contributed by atoms with Crippen LogP contribution in [0.3, 0.4) is 0 Å². The summed E-state index contributed by atoms with van der Waals surface area (Å²) in [4.78, 5) is 0. The van der Waals surface area contributed by atoms with Crippen molar-refractivity contribution in [2.24, 2.45) is 10.9 Å². The average Bonchev–Trinajstić information content (AvgIpc) is 2.01. The van der Waals surface area contributed by atoms with Crippen LogP contribution in [0.2, 0.25) is 0 Å². The molecule has 0 aliphatic rings. The Bertz CT molecular complexity index is 302. The van der Waals surface area contributed by atoms with Gasteiger partial charge in [-0.25, -0.2) is 0 Å². The molecule has 0 amide bonds. The number of hydrogen-bond acceptors (Lipinski definition) is 3. The van der Waals surface area contributed by atoms with Gasteiger partial charge in [-0.3, -0.25) is 0 Å². The highest BCUT2D eigenvalue weighted by Crippen LogP contribution is 2.26. The standard InChI is InChI=1S/C7H6I2N2O/c8-5-1-4(3-11-10)2-6(9)7(5)12/h1-3,12H,10H2. The quantitative estimate of drug-likeness (QED) is 0.334. The summed E-state index contributed by atoms with van der Waals surface area (Å²) in [7, 11) is 0. The lowest BCUT2D eigenvalue weighted by molar-refractivity contribution is 0.467. The highest BCUT2D eigenvalue weighted by Gasteiger charge is 2.03. The Balaban J connectivity index is 3.21. The van der Waals surface area contributed by atoms with Gasteiger partial charge in [0.1, 0.15) is 5.75 Å². The van der Waals surface area contributed by atoms with E-state index < -0.39 is 0 Å². The molecule has 0 saturated carbocycles. The minimum Gasteiger partial charge on any atom is -0.506 e. The predicted octanol–water partition coefficient (Wildman–Crippen LogP) is 1.89. The predicted molar refractivity (Wildman–Crippen MR) is 65.3 cm³/mol. The van der Waals surface area contributed by atoms with E-state index in [0.29, 0.717) is 5.75 Å². The van der Waals surface area contributed by atoms with E-state index in [1.807, 2.05) is 12.1 Å². The molecule has 5 heteroatoms. The number of phenolic OH excluding ortho intramolecular Hbond substituents is 1. The fourth-order valence-corrected chi connectivity index (χ4v) is 2.56. The number of nitrogens with two attached hydrogens (primary N) is 1. The Labute approximate surface area is 97.3 Å². The second-order valence-electron chi connectivity index (χ2n) is 2.11. The first-order chi connectivity index (χ1) is 5.65. The van der Waals surface area contributed by atoms with E-state index in [2.05, 4.69) is 50.3 Å². The van der Waals surface area contributed by atoms with Crippen LogP contribution in [0.4, 0.5) is 0 Å². The molecule has 0 spiro atoms. The van der Waals surface area contributed by atoms with Crippen molar-refractivity contribution in [2.75, 3.05) is 0 Å². The summed E-state index contributed by atoms with van der Waals surface area (Å²) >= 11 is 4.12. The zero-order valence-electron chi connectivity index (χ0n) is 5.96. The van der Waals surface area contributed by atoms with Gasteiger partial charge in [-0.05, 0) is 62.9 Å². The molecule has 1 rings (SSSR count). The third kappa shape index (κ3) is 2.22. The maximum absolute atomic E-state index is 9.41. The van der Waals surface area contributed by atoms with Crippen molar-refractivity contribution < 1.29 is 5.11 Å². The summed E-state index contributed by atoms with van der Waals surface area (Å²) in [6.07, 6.45) is 1.55. The van der Waals surface area contributed by atoms with E-state index >= 15 is 0 Å². The van der Waals surface area contributed by atoms with Crippen molar-refractivity contribution in [3.8, 4) is 5.75 Å². The fourth-order valence-electron chi connectivity index (χ4n) is 0.746. The molecule has 0 aliphatic carbocycles. The Hall–Kier alpha value is -0.0500. The molecule has 64 valence electrons. The number of halogens is 2. The van der Waals surface area contributed by atoms with Crippen molar-refractivity contribution in [3.63, 3.8) is 0 Å². The molecule has 0 atom stereocenters. The monoisotopic (exact) mass is 388 g/mol. The first kappa shape index (κ1) is 10.0. The molecule has 0 aromatic heterocycles. The molecule has 3 N–H and O–H groups in total. The smallest absolute Gasteiger partial charge is 0.142 e. The van der Waals surface area contributed by atoms with Crippen molar-refractivity contribution >= 4 is 51.4 Å². The highest BCUT2D eigenvalue weighted by molar-refractivity contribution is 14.1.